The van der Waals surface area contributed by atoms with Crippen LogP contribution in [0.15, 0.2) is 58.2 Å². The van der Waals surface area contributed by atoms with E-state index in [0.29, 0.717) is 11.8 Å². The van der Waals surface area contributed by atoms with Crippen LogP contribution >= 0.6 is 11.8 Å². The zero-order chi connectivity index (χ0) is 22.0. The molecule has 1 atom stereocenters. The van der Waals surface area contributed by atoms with E-state index in [1.54, 1.807) is 32.8 Å². The van der Waals surface area contributed by atoms with E-state index in [4.69, 9.17) is 4.74 Å². The summed E-state index contributed by atoms with van der Waals surface area (Å²) in [4.78, 5) is 40.3. The van der Waals surface area contributed by atoms with Crippen LogP contribution in [0.4, 0.5) is 5.69 Å². The van der Waals surface area contributed by atoms with Gasteiger partial charge >= 0.3 is 11.7 Å². The highest BCUT2D eigenvalue weighted by atomic mass is 32.2. The first kappa shape index (κ1) is 21.2. The van der Waals surface area contributed by atoms with Gasteiger partial charge in [0.2, 0.25) is 0 Å². The van der Waals surface area contributed by atoms with Crippen molar-refractivity contribution in [2.75, 3.05) is 18.1 Å². The molecule has 4 rings (SSSR count). The molecular formula is C23H25N3O4S. The Kier molecular flexibility index (Phi) is 6.18. The number of nitrogens with zero attached hydrogens (tertiary/aromatic N) is 3. The number of aromatic nitrogens is 2. The highest BCUT2D eigenvalue weighted by molar-refractivity contribution is 8.00. The lowest BCUT2D eigenvalue weighted by Gasteiger charge is -2.22. The highest BCUT2D eigenvalue weighted by Crippen LogP contribution is 2.37. The van der Waals surface area contributed by atoms with Crippen LogP contribution in [0.5, 0.6) is 0 Å². The second-order valence-corrected chi connectivity index (χ2v) is 9.10. The molecule has 7 nitrogen and oxygen atoms in total. The Hall–Kier alpha value is -3.00. The minimum absolute atomic E-state index is 0.0185. The first-order chi connectivity index (χ1) is 15.0. The van der Waals surface area contributed by atoms with Crippen molar-refractivity contribution in [3.63, 3.8) is 0 Å². The molecule has 1 amide bonds. The second kappa shape index (κ2) is 9.01. The van der Waals surface area contributed by atoms with Gasteiger partial charge in [0, 0.05) is 30.3 Å². The van der Waals surface area contributed by atoms with Crippen molar-refractivity contribution >= 4 is 40.4 Å². The van der Waals surface area contributed by atoms with E-state index in [9.17, 15) is 14.4 Å². The topological polar surface area (TPSA) is 73.5 Å². The number of hydrogen-bond donors (Lipinski definition) is 0. The largest absolute Gasteiger partial charge is 0.455 e. The summed E-state index contributed by atoms with van der Waals surface area (Å²) in [5, 5.41) is 0.403. The number of ether oxygens (including phenoxy) is 1. The van der Waals surface area contributed by atoms with Gasteiger partial charge in [-0.05, 0) is 30.7 Å². The van der Waals surface area contributed by atoms with Gasteiger partial charge in [0.15, 0.2) is 6.61 Å². The summed E-state index contributed by atoms with van der Waals surface area (Å²) in [5.41, 5.74) is 2.26. The first-order valence-corrected chi connectivity index (χ1v) is 11.2. The van der Waals surface area contributed by atoms with Gasteiger partial charge in [-0.2, -0.15) is 0 Å². The Morgan fingerprint density at radius 3 is 2.61 bits per heavy atom. The van der Waals surface area contributed by atoms with E-state index in [0.717, 1.165) is 28.0 Å². The average molecular weight is 440 g/mol. The van der Waals surface area contributed by atoms with Crippen molar-refractivity contribution in [2.24, 2.45) is 7.05 Å². The summed E-state index contributed by atoms with van der Waals surface area (Å²) < 4.78 is 8.37. The molecule has 2 aromatic carbocycles. The quantitative estimate of drug-likeness (QED) is 0.571. The fraction of sp³-hybridized carbons (Fsp3) is 0.348. The molecule has 1 aliphatic rings. The molecule has 0 aliphatic carbocycles. The average Bonchev–Trinajstić information content (AvgIpc) is 2.90. The molecule has 3 aromatic rings. The van der Waals surface area contributed by atoms with Gasteiger partial charge < -0.3 is 9.64 Å². The summed E-state index contributed by atoms with van der Waals surface area (Å²) in [6, 6.07) is 15.2. The maximum Gasteiger partial charge on any atom is 0.328 e. The lowest BCUT2D eigenvalue weighted by Crippen LogP contribution is -2.36. The summed E-state index contributed by atoms with van der Waals surface area (Å²) in [6.45, 7) is 2.63. The lowest BCUT2D eigenvalue weighted by atomic mass is 10.2. The number of esters is 1. The number of carbonyl (C=O) groups excluding carboxylic acids is 2. The molecule has 0 N–H and O–H groups in total. The number of thioether (sulfide) groups is 1. The number of amides is 1. The van der Waals surface area contributed by atoms with Gasteiger partial charge in [0.05, 0.1) is 23.1 Å². The van der Waals surface area contributed by atoms with Crippen LogP contribution in [0, 0.1) is 0 Å². The number of aryl methyl sites for hydroxylation is 2. The Labute approximate surface area is 184 Å². The molecule has 1 aliphatic heterocycles. The number of carbonyl (C=O) groups is 2. The van der Waals surface area contributed by atoms with Gasteiger partial charge in [-0.15, -0.1) is 11.8 Å². The van der Waals surface area contributed by atoms with Gasteiger partial charge in [0.1, 0.15) is 0 Å². The van der Waals surface area contributed by atoms with Crippen LogP contribution in [-0.4, -0.2) is 39.4 Å². The maximum absolute atomic E-state index is 12.8. The molecule has 0 fully saturated rings. The van der Waals surface area contributed by atoms with Crippen molar-refractivity contribution < 1.29 is 14.3 Å². The van der Waals surface area contributed by atoms with Crippen LogP contribution in [0.3, 0.4) is 0 Å². The standard InChI is InChI=1S/C23H25N3O4S/c1-16-11-13-25(19-9-5-6-10-20(19)31-16)21(27)15-30-22(28)12-14-26-18-8-4-3-7-17(18)24(2)23(26)29/h3-10,16H,11-15H2,1-2H3. The number of para-hydroxylation sites is 3. The molecule has 0 radical (unpaired) electrons. The van der Waals surface area contributed by atoms with Crippen molar-refractivity contribution in [3.8, 4) is 0 Å². The fourth-order valence-corrected chi connectivity index (χ4v) is 4.93. The van der Waals surface area contributed by atoms with Crippen LogP contribution in [0.1, 0.15) is 19.8 Å². The van der Waals surface area contributed by atoms with E-state index >= 15 is 0 Å². The van der Waals surface area contributed by atoms with E-state index in [1.807, 2.05) is 48.5 Å². The number of benzene rings is 2. The van der Waals surface area contributed by atoms with Crippen LogP contribution in [0.25, 0.3) is 11.0 Å². The number of imidazole rings is 1. The summed E-state index contributed by atoms with van der Waals surface area (Å²) in [7, 11) is 1.70. The summed E-state index contributed by atoms with van der Waals surface area (Å²) >= 11 is 1.75. The Bertz CT molecular complexity index is 1180. The van der Waals surface area contributed by atoms with Crippen molar-refractivity contribution in [1.82, 2.24) is 9.13 Å². The van der Waals surface area contributed by atoms with Crippen molar-refractivity contribution in [2.45, 2.75) is 36.5 Å². The number of fused-ring (bicyclic) bond motifs is 2. The molecule has 1 unspecified atom stereocenters. The van der Waals surface area contributed by atoms with E-state index in [2.05, 4.69) is 6.92 Å². The molecule has 0 spiro atoms. The van der Waals surface area contributed by atoms with E-state index in [-0.39, 0.29) is 31.2 Å². The second-order valence-electron chi connectivity index (χ2n) is 7.62. The minimum Gasteiger partial charge on any atom is -0.455 e. The predicted molar refractivity (Wildman–Crippen MR) is 121 cm³/mol. The molecule has 0 saturated heterocycles. The van der Waals surface area contributed by atoms with Crippen LogP contribution in [-0.2, 0) is 27.9 Å². The molecule has 0 saturated carbocycles. The smallest absolute Gasteiger partial charge is 0.328 e. The molecular weight excluding hydrogens is 414 g/mol. The normalized spacial score (nSPS) is 16.1. The highest BCUT2D eigenvalue weighted by Gasteiger charge is 2.25. The molecule has 0 bridgehead atoms. The monoisotopic (exact) mass is 439 g/mol. The van der Waals surface area contributed by atoms with Gasteiger partial charge in [0.25, 0.3) is 5.91 Å². The minimum atomic E-state index is -0.501. The Balaban J connectivity index is 1.38. The SMILES string of the molecule is CC1CCN(C(=O)COC(=O)CCn2c(=O)n(C)c3ccccc32)c2ccccc2S1. The van der Waals surface area contributed by atoms with Crippen molar-refractivity contribution in [1.29, 1.82) is 0 Å². The zero-order valence-electron chi connectivity index (χ0n) is 17.6. The van der Waals surface area contributed by atoms with Crippen LogP contribution < -0.4 is 10.6 Å². The zero-order valence-corrected chi connectivity index (χ0v) is 18.4. The van der Waals surface area contributed by atoms with Crippen LogP contribution in [0.2, 0.25) is 0 Å². The van der Waals surface area contributed by atoms with E-state index < -0.39 is 5.97 Å². The molecule has 31 heavy (non-hydrogen) atoms. The lowest BCUT2D eigenvalue weighted by molar-refractivity contribution is -0.148. The molecule has 2 heterocycles. The first-order valence-electron chi connectivity index (χ1n) is 10.3. The molecule has 8 heteroatoms. The van der Waals surface area contributed by atoms with E-state index in [1.165, 1.54) is 0 Å². The number of hydrogen-bond acceptors (Lipinski definition) is 5. The third-order valence-corrected chi connectivity index (χ3v) is 6.73. The maximum atomic E-state index is 12.8. The summed E-state index contributed by atoms with van der Waals surface area (Å²) in [6.07, 6.45) is 0.883. The number of rotatable bonds is 5. The molecule has 1 aromatic heterocycles. The van der Waals surface area contributed by atoms with Gasteiger partial charge in [-0.25, -0.2) is 4.79 Å². The predicted octanol–water partition coefficient (Wildman–Crippen LogP) is 3.19. The van der Waals surface area contributed by atoms with Gasteiger partial charge in [-0.1, -0.05) is 31.2 Å². The number of anilines is 1. The van der Waals surface area contributed by atoms with Gasteiger partial charge in [-0.3, -0.25) is 18.7 Å². The third kappa shape index (κ3) is 4.39. The Morgan fingerprint density at radius 2 is 1.81 bits per heavy atom. The third-order valence-electron chi connectivity index (χ3n) is 5.49. The summed E-state index contributed by atoms with van der Waals surface area (Å²) in [5.74, 6) is -0.739. The van der Waals surface area contributed by atoms with Crippen molar-refractivity contribution in [3.05, 3.63) is 59.0 Å². The fourth-order valence-electron chi connectivity index (χ4n) is 3.82. The Morgan fingerprint density at radius 1 is 1.10 bits per heavy atom. The molecule has 162 valence electrons.